The van der Waals surface area contributed by atoms with Crippen molar-refractivity contribution in [1.29, 1.82) is 0 Å². The third-order valence-corrected chi connectivity index (χ3v) is 10.2. The Hall–Kier alpha value is 0. The van der Waals surface area contributed by atoms with Crippen LogP contribution in [0.2, 0.25) is 0 Å². The zero-order valence-electron chi connectivity index (χ0n) is 20.4. The summed E-state index contributed by atoms with van der Waals surface area (Å²) in [5.41, 5.74) is 0. The quantitative estimate of drug-likeness (QED) is 0.389. The predicted octanol–water partition coefficient (Wildman–Crippen LogP) is 8.85. The zero-order chi connectivity index (χ0) is 20.4. The van der Waals surface area contributed by atoms with Crippen LogP contribution in [0.25, 0.3) is 0 Å². The van der Waals surface area contributed by atoms with Crippen LogP contribution >= 0.6 is 0 Å². The van der Waals surface area contributed by atoms with E-state index in [0.29, 0.717) is 0 Å². The van der Waals surface area contributed by atoms with Crippen molar-refractivity contribution < 1.29 is 0 Å². The van der Waals surface area contributed by atoms with Crippen LogP contribution in [0.1, 0.15) is 113 Å². The van der Waals surface area contributed by atoms with Crippen LogP contribution in [-0.4, -0.2) is 0 Å². The minimum atomic E-state index is 0.867. The van der Waals surface area contributed by atoms with E-state index in [4.69, 9.17) is 0 Å². The summed E-state index contributed by atoms with van der Waals surface area (Å²) in [6.45, 7) is 17.6. The van der Waals surface area contributed by atoms with Crippen molar-refractivity contribution in [3.8, 4) is 0 Å². The molecular formula is C28H52. The van der Waals surface area contributed by atoms with Crippen LogP contribution in [0.4, 0.5) is 0 Å². The Kier molecular flexibility index (Phi) is 8.00. The highest BCUT2D eigenvalue weighted by Gasteiger charge is 2.43. The minimum absolute atomic E-state index is 0.867. The third-order valence-electron chi connectivity index (χ3n) is 10.2. The Morgan fingerprint density at radius 2 is 1.43 bits per heavy atom. The molecule has 0 nitrogen and oxygen atoms in total. The molecule has 0 radical (unpaired) electrons. The second kappa shape index (κ2) is 9.87. The fourth-order valence-electron chi connectivity index (χ4n) is 8.08. The van der Waals surface area contributed by atoms with Gasteiger partial charge in [0.15, 0.2) is 0 Å². The molecule has 0 N–H and O–H groups in total. The maximum atomic E-state index is 2.65. The van der Waals surface area contributed by atoms with Gasteiger partial charge in [-0.3, -0.25) is 0 Å². The first kappa shape index (κ1) is 22.7. The molecule has 0 aromatic rings. The maximum absolute atomic E-state index is 2.65. The Morgan fingerprint density at radius 1 is 0.714 bits per heavy atom. The fraction of sp³-hybridized carbons (Fsp3) is 1.00. The molecular weight excluding hydrogens is 336 g/mol. The van der Waals surface area contributed by atoms with E-state index in [2.05, 4.69) is 48.5 Å². The lowest BCUT2D eigenvalue weighted by Crippen LogP contribution is -2.36. The van der Waals surface area contributed by atoms with Gasteiger partial charge in [0, 0.05) is 0 Å². The van der Waals surface area contributed by atoms with Gasteiger partial charge in [-0.25, -0.2) is 0 Å². The second-order valence-electron chi connectivity index (χ2n) is 12.3. The first-order valence-corrected chi connectivity index (χ1v) is 13.3. The van der Waals surface area contributed by atoms with Crippen molar-refractivity contribution in [2.45, 2.75) is 113 Å². The molecule has 0 heteroatoms. The van der Waals surface area contributed by atoms with E-state index >= 15 is 0 Å². The topological polar surface area (TPSA) is 0 Å². The average Bonchev–Trinajstić information content (AvgIpc) is 3.33. The largest absolute Gasteiger partial charge is 0.0651 e. The fourth-order valence-corrected chi connectivity index (χ4v) is 8.08. The van der Waals surface area contributed by atoms with E-state index in [9.17, 15) is 0 Å². The van der Waals surface area contributed by atoms with Crippen LogP contribution in [0, 0.1) is 65.1 Å². The first-order chi connectivity index (χ1) is 13.3. The molecule has 164 valence electrons. The van der Waals surface area contributed by atoms with E-state index in [1.165, 1.54) is 38.5 Å². The predicted molar refractivity (Wildman–Crippen MR) is 124 cm³/mol. The molecule has 9 atom stereocenters. The summed E-state index contributed by atoms with van der Waals surface area (Å²) in [6.07, 6.45) is 15.2. The molecule has 0 aromatic carbocycles. The van der Waals surface area contributed by atoms with Crippen molar-refractivity contribution in [1.82, 2.24) is 0 Å². The first-order valence-electron chi connectivity index (χ1n) is 13.3. The molecule has 3 rings (SSSR count). The highest BCUT2D eigenvalue weighted by molar-refractivity contribution is 4.93. The van der Waals surface area contributed by atoms with Crippen LogP contribution in [0.3, 0.4) is 0 Å². The van der Waals surface area contributed by atoms with Gasteiger partial charge in [0.05, 0.1) is 0 Å². The van der Waals surface area contributed by atoms with Gasteiger partial charge in [0.2, 0.25) is 0 Å². The molecule has 0 aliphatic heterocycles. The molecule has 28 heavy (non-hydrogen) atoms. The monoisotopic (exact) mass is 388 g/mol. The molecule has 0 aromatic heterocycles. The standard InChI is InChI=1S/C28H52/c1-8-20(6)22-12-13-24(15-22)27(18(2)3)14-21(7)25-16-23-10-9-11-26(23)28(17-25)19(4)5/h18-28H,8-17H2,1-7H3. The highest BCUT2D eigenvalue weighted by Crippen LogP contribution is 2.53. The number of rotatable bonds is 8. The summed E-state index contributed by atoms with van der Waals surface area (Å²) in [7, 11) is 0. The van der Waals surface area contributed by atoms with Crippen LogP contribution in [0.5, 0.6) is 0 Å². The van der Waals surface area contributed by atoms with E-state index in [-0.39, 0.29) is 0 Å². The maximum Gasteiger partial charge on any atom is -0.0355 e. The molecule has 9 unspecified atom stereocenters. The summed E-state index contributed by atoms with van der Waals surface area (Å²) in [5, 5.41) is 0. The van der Waals surface area contributed by atoms with Crippen LogP contribution in [-0.2, 0) is 0 Å². The van der Waals surface area contributed by atoms with Gasteiger partial charge in [0.1, 0.15) is 0 Å². The van der Waals surface area contributed by atoms with Crippen LogP contribution in [0.15, 0.2) is 0 Å². The lowest BCUT2D eigenvalue weighted by molar-refractivity contribution is 0.0555. The summed E-state index contributed by atoms with van der Waals surface area (Å²) in [5.74, 6) is 10.9. The number of hydrogen-bond acceptors (Lipinski definition) is 0. The second-order valence-corrected chi connectivity index (χ2v) is 12.3. The van der Waals surface area contributed by atoms with Crippen molar-refractivity contribution in [2.75, 3.05) is 0 Å². The van der Waals surface area contributed by atoms with Crippen molar-refractivity contribution in [2.24, 2.45) is 65.1 Å². The third kappa shape index (κ3) is 5.00. The van der Waals surface area contributed by atoms with Gasteiger partial charge in [-0.05, 0) is 110 Å². The summed E-state index contributed by atoms with van der Waals surface area (Å²) in [6, 6.07) is 0. The summed E-state index contributed by atoms with van der Waals surface area (Å²) >= 11 is 0. The molecule has 3 aliphatic carbocycles. The molecule has 3 aliphatic rings. The van der Waals surface area contributed by atoms with Gasteiger partial charge >= 0.3 is 0 Å². The van der Waals surface area contributed by atoms with E-state index in [0.717, 1.165) is 65.1 Å². The minimum Gasteiger partial charge on any atom is -0.0651 e. The van der Waals surface area contributed by atoms with Gasteiger partial charge in [-0.15, -0.1) is 0 Å². The molecule has 0 saturated heterocycles. The lowest BCUT2D eigenvalue weighted by atomic mass is 9.61. The SMILES string of the molecule is CCC(C)C1CCC(C(CC(C)C2CC3CCCC3C(C(C)C)C2)C(C)C)C1. The molecule has 3 saturated carbocycles. The average molecular weight is 389 g/mol. The van der Waals surface area contributed by atoms with Crippen molar-refractivity contribution in [3.05, 3.63) is 0 Å². The van der Waals surface area contributed by atoms with Gasteiger partial charge in [-0.1, -0.05) is 67.7 Å². The van der Waals surface area contributed by atoms with Crippen molar-refractivity contribution in [3.63, 3.8) is 0 Å². The van der Waals surface area contributed by atoms with Gasteiger partial charge in [-0.2, -0.15) is 0 Å². The molecule has 0 heterocycles. The molecule has 0 bridgehead atoms. The van der Waals surface area contributed by atoms with Gasteiger partial charge < -0.3 is 0 Å². The molecule has 0 amide bonds. The Bertz CT molecular complexity index is 463. The normalized spacial score (nSPS) is 39.3. The Labute approximate surface area is 178 Å². The van der Waals surface area contributed by atoms with E-state index in [1.807, 2.05) is 0 Å². The molecule has 0 spiro atoms. The number of fused-ring (bicyclic) bond motifs is 1. The van der Waals surface area contributed by atoms with Crippen molar-refractivity contribution >= 4 is 0 Å². The van der Waals surface area contributed by atoms with E-state index < -0.39 is 0 Å². The van der Waals surface area contributed by atoms with Gasteiger partial charge in [0.25, 0.3) is 0 Å². The van der Waals surface area contributed by atoms with Crippen LogP contribution < -0.4 is 0 Å². The highest BCUT2D eigenvalue weighted by atomic mass is 14.5. The summed E-state index contributed by atoms with van der Waals surface area (Å²) < 4.78 is 0. The van der Waals surface area contributed by atoms with E-state index in [1.54, 1.807) is 25.7 Å². The lowest BCUT2D eigenvalue weighted by Gasteiger charge is -2.44. The Balaban J connectivity index is 1.62. The summed E-state index contributed by atoms with van der Waals surface area (Å²) in [4.78, 5) is 0. The Morgan fingerprint density at radius 3 is 2.07 bits per heavy atom. The zero-order valence-corrected chi connectivity index (χ0v) is 20.4. The number of hydrogen-bond donors (Lipinski definition) is 0. The molecule has 3 fully saturated rings. The smallest absolute Gasteiger partial charge is 0.0355 e.